The van der Waals surface area contributed by atoms with Crippen LogP contribution in [0.1, 0.15) is 32.6 Å². The molecular weight excluding hydrogens is 292 g/mol. The highest BCUT2D eigenvalue weighted by Gasteiger charge is 2.25. The van der Waals surface area contributed by atoms with Crippen LogP contribution in [-0.2, 0) is 9.59 Å². The Labute approximate surface area is 137 Å². The number of hydrogen-bond acceptors (Lipinski definition) is 4. The van der Waals surface area contributed by atoms with Crippen LogP contribution < -0.4 is 21.7 Å². The molecule has 0 aromatic heterocycles. The van der Waals surface area contributed by atoms with E-state index in [1.807, 2.05) is 31.2 Å². The summed E-state index contributed by atoms with van der Waals surface area (Å²) in [5, 5.41) is 2.93. The minimum atomic E-state index is -0.492. The van der Waals surface area contributed by atoms with Gasteiger partial charge in [-0.25, -0.2) is 0 Å². The van der Waals surface area contributed by atoms with Crippen LogP contribution in [0.4, 0.5) is 11.4 Å². The van der Waals surface area contributed by atoms with Crippen molar-refractivity contribution in [2.75, 3.05) is 23.3 Å². The molecule has 1 aromatic rings. The smallest absolute Gasteiger partial charge is 0.241 e. The fourth-order valence-electron chi connectivity index (χ4n) is 2.93. The van der Waals surface area contributed by atoms with Gasteiger partial charge in [-0.1, -0.05) is 25.5 Å². The van der Waals surface area contributed by atoms with Crippen LogP contribution in [0.25, 0.3) is 0 Å². The molecule has 126 valence electrons. The number of nitrogens with two attached hydrogens (primary N) is 2. The first kappa shape index (κ1) is 17.3. The van der Waals surface area contributed by atoms with Crippen LogP contribution in [0.5, 0.6) is 0 Å². The summed E-state index contributed by atoms with van der Waals surface area (Å²) in [4.78, 5) is 25.6. The predicted molar refractivity (Wildman–Crippen MR) is 92.1 cm³/mol. The molecule has 1 atom stereocenters. The molecule has 6 heteroatoms. The molecule has 0 saturated carbocycles. The molecule has 1 saturated heterocycles. The van der Waals surface area contributed by atoms with Gasteiger partial charge in [-0.2, -0.15) is 0 Å². The summed E-state index contributed by atoms with van der Waals surface area (Å²) in [6.07, 6.45) is 3.02. The summed E-state index contributed by atoms with van der Waals surface area (Å²) in [7, 11) is 0. The van der Waals surface area contributed by atoms with Crippen LogP contribution >= 0.6 is 0 Å². The van der Waals surface area contributed by atoms with E-state index in [9.17, 15) is 9.59 Å². The third kappa shape index (κ3) is 4.45. The van der Waals surface area contributed by atoms with Gasteiger partial charge in [0.05, 0.1) is 17.4 Å². The van der Waals surface area contributed by atoms with Gasteiger partial charge >= 0.3 is 0 Å². The Morgan fingerprint density at radius 3 is 2.57 bits per heavy atom. The Bertz CT molecular complexity index is 553. The van der Waals surface area contributed by atoms with Crippen LogP contribution in [0.2, 0.25) is 0 Å². The number of anilines is 2. The Hall–Kier alpha value is -2.08. The number of primary amides is 1. The van der Waals surface area contributed by atoms with E-state index in [0.717, 1.165) is 43.7 Å². The van der Waals surface area contributed by atoms with E-state index < -0.39 is 6.04 Å². The molecule has 2 amide bonds. The van der Waals surface area contributed by atoms with E-state index in [-0.39, 0.29) is 17.7 Å². The van der Waals surface area contributed by atoms with E-state index in [1.54, 1.807) is 0 Å². The second-order valence-corrected chi connectivity index (χ2v) is 6.07. The maximum Gasteiger partial charge on any atom is 0.241 e. The molecule has 6 nitrogen and oxygen atoms in total. The van der Waals surface area contributed by atoms with Gasteiger partial charge in [0.1, 0.15) is 0 Å². The molecule has 1 aliphatic heterocycles. The van der Waals surface area contributed by atoms with Gasteiger partial charge in [0.25, 0.3) is 0 Å². The zero-order chi connectivity index (χ0) is 16.8. The van der Waals surface area contributed by atoms with Crippen molar-refractivity contribution in [3.8, 4) is 0 Å². The number of piperidine rings is 1. The fraction of sp³-hybridized carbons (Fsp3) is 0.529. The molecule has 0 aliphatic carbocycles. The Balaban J connectivity index is 2.06. The summed E-state index contributed by atoms with van der Waals surface area (Å²) in [6, 6.07) is 7.20. The number of rotatable bonds is 6. The van der Waals surface area contributed by atoms with Gasteiger partial charge < -0.3 is 21.7 Å². The first-order valence-corrected chi connectivity index (χ1v) is 8.22. The van der Waals surface area contributed by atoms with Crippen molar-refractivity contribution in [1.29, 1.82) is 0 Å². The molecule has 5 N–H and O–H groups in total. The van der Waals surface area contributed by atoms with Crippen molar-refractivity contribution in [1.82, 2.24) is 0 Å². The summed E-state index contributed by atoms with van der Waals surface area (Å²) >= 11 is 0. The van der Waals surface area contributed by atoms with Crippen molar-refractivity contribution < 1.29 is 9.59 Å². The van der Waals surface area contributed by atoms with Crippen molar-refractivity contribution in [3.63, 3.8) is 0 Å². The number of nitrogens with one attached hydrogen (secondary N) is 1. The van der Waals surface area contributed by atoms with E-state index >= 15 is 0 Å². The third-order valence-electron chi connectivity index (χ3n) is 4.34. The fourth-order valence-corrected chi connectivity index (χ4v) is 2.93. The quantitative estimate of drug-likeness (QED) is 0.739. The largest absolute Gasteiger partial charge is 0.370 e. The standard InChI is InChI=1S/C17H26N4O2/c1-2-5-13(18)17(23)20-14-6-3-4-7-15(14)21-10-8-12(9-11-21)16(19)22/h3-4,6-7,12-13H,2,5,8-11,18H2,1H3,(H2,19,22)(H,20,23). The normalized spacial score (nSPS) is 16.9. The lowest BCUT2D eigenvalue weighted by Crippen LogP contribution is -2.39. The molecule has 1 unspecified atom stereocenters. The monoisotopic (exact) mass is 318 g/mol. The van der Waals surface area contributed by atoms with Crippen molar-refractivity contribution >= 4 is 23.2 Å². The van der Waals surface area contributed by atoms with E-state index in [0.29, 0.717) is 6.42 Å². The van der Waals surface area contributed by atoms with Crippen LogP contribution in [-0.4, -0.2) is 30.9 Å². The maximum absolute atomic E-state index is 12.2. The van der Waals surface area contributed by atoms with Crippen molar-refractivity contribution in [2.24, 2.45) is 17.4 Å². The average Bonchev–Trinajstić information content (AvgIpc) is 2.55. The highest BCUT2D eigenvalue weighted by Crippen LogP contribution is 2.29. The molecule has 0 spiro atoms. The zero-order valence-electron chi connectivity index (χ0n) is 13.6. The van der Waals surface area contributed by atoms with Crippen LogP contribution in [0.3, 0.4) is 0 Å². The minimum absolute atomic E-state index is 0.0500. The SMILES string of the molecule is CCCC(N)C(=O)Nc1ccccc1N1CCC(C(N)=O)CC1. The third-order valence-corrected chi connectivity index (χ3v) is 4.34. The Kier molecular flexibility index (Phi) is 5.98. The number of amides is 2. The maximum atomic E-state index is 12.2. The molecular formula is C17H26N4O2. The Morgan fingerprint density at radius 2 is 1.96 bits per heavy atom. The van der Waals surface area contributed by atoms with Gasteiger partial charge in [-0.05, 0) is 31.4 Å². The van der Waals surface area contributed by atoms with Crippen LogP contribution in [0, 0.1) is 5.92 Å². The number of nitrogens with zero attached hydrogens (tertiary/aromatic N) is 1. The number of para-hydroxylation sites is 2. The molecule has 1 fully saturated rings. The molecule has 23 heavy (non-hydrogen) atoms. The second kappa shape index (κ2) is 7.97. The summed E-state index contributed by atoms with van der Waals surface area (Å²) in [5.41, 5.74) is 13.0. The topological polar surface area (TPSA) is 101 Å². The lowest BCUT2D eigenvalue weighted by atomic mass is 9.96. The van der Waals surface area contributed by atoms with Gasteiger partial charge in [0.15, 0.2) is 0 Å². The predicted octanol–water partition coefficient (Wildman–Crippen LogP) is 1.45. The average molecular weight is 318 g/mol. The molecule has 1 aliphatic rings. The van der Waals surface area contributed by atoms with Crippen LogP contribution in [0.15, 0.2) is 24.3 Å². The molecule has 0 bridgehead atoms. The Morgan fingerprint density at radius 1 is 1.30 bits per heavy atom. The molecule has 1 aromatic carbocycles. The molecule has 1 heterocycles. The minimum Gasteiger partial charge on any atom is -0.370 e. The highest BCUT2D eigenvalue weighted by molar-refractivity contribution is 5.97. The number of carbonyl (C=O) groups excluding carboxylic acids is 2. The van der Waals surface area contributed by atoms with Gasteiger partial charge in [0, 0.05) is 19.0 Å². The number of carbonyl (C=O) groups is 2. The first-order chi connectivity index (χ1) is 11.0. The van der Waals surface area contributed by atoms with E-state index in [4.69, 9.17) is 11.5 Å². The number of hydrogen-bond donors (Lipinski definition) is 3. The lowest BCUT2D eigenvalue weighted by molar-refractivity contribution is -0.122. The second-order valence-electron chi connectivity index (χ2n) is 6.07. The highest BCUT2D eigenvalue weighted by atomic mass is 16.2. The first-order valence-electron chi connectivity index (χ1n) is 8.22. The molecule has 0 radical (unpaired) electrons. The molecule has 2 rings (SSSR count). The lowest BCUT2D eigenvalue weighted by Gasteiger charge is -2.33. The zero-order valence-corrected chi connectivity index (χ0v) is 13.6. The number of benzene rings is 1. The van der Waals surface area contributed by atoms with Gasteiger partial charge in [0.2, 0.25) is 11.8 Å². The summed E-state index contributed by atoms with van der Waals surface area (Å²) in [5.74, 6) is -0.436. The van der Waals surface area contributed by atoms with Gasteiger partial charge in [-0.3, -0.25) is 9.59 Å². The summed E-state index contributed by atoms with van der Waals surface area (Å²) in [6.45, 7) is 3.51. The van der Waals surface area contributed by atoms with Crippen molar-refractivity contribution in [3.05, 3.63) is 24.3 Å². The summed E-state index contributed by atoms with van der Waals surface area (Å²) < 4.78 is 0. The van der Waals surface area contributed by atoms with Gasteiger partial charge in [-0.15, -0.1) is 0 Å². The van der Waals surface area contributed by atoms with Crippen molar-refractivity contribution in [2.45, 2.75) is 38.6 Å². The van der Waals surface area contributed by atoms with E-state index in [2.05, 4.69) is 10.2 Å². The van der Waals surface area contributed by atoms with E-state index in [1.165, 1.54) is 0 Å².